The van der Waals surface area contributed by atoms with Crippen LogP contribution in [0.4, 0.5) is 4.39 Å². The number of aliphatic imine (C=N–C) groups is 1. The summed E-state index contributed by atoms with van der Waals surface area (Å²) in [6.07, 6.45) is 0. The Balaban J connectivity index is 2.20. The van der Waals surface area contributed by atoms with Crippen molar-refractivity contribution < 1.29 is 9.18 Å². The van der Waals surface area contributed by atoms with Gasteiger partial charge in [0.05, 0.1) is 12.1 Å². The fourth-order valence-electron chi connectivity index (χ4n) is 2.65. The van der Waals surface area contributed by atoms with Gasteiger partial charge < -0.3 is 0 Å². The summed E-state index contributed by atoms with van der Waals surface area (Å²) in [4.78, 5) is 19.2. The van der Waals surface area contributed by atoms with Crippen LogP contribution in [0.3, 0.4) is 0 Å². The van der Waals surface area contributed by atoms with Crippen LogP contribution in [0.15, 0.2) is 45.9 Å². The van der Waals surface area contributed by atoms with Crippen molar-refractivity contribution in [1.29, 1.82) is 0 Å². The lowest BCUT2D eigenvalue weighted by Crippen LogP contribution is -2.31. The molecule has 1 amide bonds. The molecule has 0 saturated carbocycles. The van der Waals surface area contributed by atoms with Gasteiger partial charge in [0.15, 0.2) is 5.17 Å². The Bertz CT molecular complexity index is 734. The predicted molar refractivity (Wildman–Crippen MR) is 88.7 cm³/mol. The molecule has 0 spiro atoms. The van der Waals surface area contributed by atoms with Crippen LogP contribution in [0.25, 0.3) is 5.57 Å². The van der Waals surface area contributed by atoms with Crippen LogP contribution in [0.2, 0.25) is 0 Å². The van der Waals surface area contributed by atoms with Crippen molar-refractivity contribution in [3.05, 3.63) is 52.3 Å². The molecule has 2 aliphatic heterocycles. The zero-order valence-electron chi connectivity index (χ0n) is 12.8. The first-order valence-corrected chi connectivity index (χ1v) is 8.09. The Labute approximate surface area is 133 Å². The summed E-state index contributed by atoms with van der Waals surface area (Å²) in [5, 5.41) is 2.57. The zero-order chi connectivity index (χ0) is 15.9. The van der Waals surface area contributed by atoms with Crippen LogP contribution in [0.1, 0.15) is 26.3 Å². The second-order valence-corrected chi connectivity index (χ2v) is 6.49. The van der Waals surface area contributed by atoms with Crippen LogP contribution < -0.4 is 0 Å². The SMILES string of the molecule is CC1=CSC2=NCC(C(C)C)=C(c3ccccc3F)C(=O)N12. The van der Waals surface area contributed by atoms with E-state index in [0.717, 1.165) is 11.3 Å². The van der Waals surface area contributed by atoms with Gasteiger partial charge in [0.25, 0.3) is 5.91 Å². The monoisotopic (exact) mass is 316 g/mol. The van der Waals surface area contributed by atoms with Crippen molar-refractivity contribution >= 4 is 28.4 Å². The lowest BCUT2D eigenvalue weighted by molar-refractivity contribution is -0.120. The number of nitrogens with zero attached hydrogens (tertiary/aromatic N) is 2. The third-order valence-corrected chi connectivity index (χ3v) is 4.82. The van der Waals surface area contributed by atoms with Gasteiger partial charge in [0.2, 0.25) is 0 Å². The van der Waals surface area contributed by atoms with Crippen molar-refractivity contribution in [1.82, 2.24) is 4.90 Å². The third kappa shape index (κ3) is 2.39. The molecule has 3 nitrogen and oxygen atoms in total. The number of halogens is 1. The second kappa shape index (κ2) is 5.72. The first kappa shape index (κ1) is 15.0. The van der Waals surface area contributed by atoms with E-state index >= 15 is 0 Å². The molecule has 2 heterocycles. The highest BCUT2D eigenvalue weighted by atomic mass is 32.2. The number of carbonyl (C=O) groups excluding carboxylic acids is 1. The molecule has 1 aromatic rings. The zero-order valence-corrected chi connectivity index (χ0v) is 13.6. The summed E-state index contributed by atoms with van der Waals surface area (Å²) >= 11 is 1.44. The van der Waals surface area contributed by atoms with Crippen molar-refractivity contribution in [3.63, 3.8) is 0 Å². The van der Waals surface area contributed by atoms with Gasteiger partial charge >= 0.3 is 0 Å². The topological polar surface area (TPSA) is 32.7 Å². The average molecular weight is 316 g/mol. The highest BCUT2D eigenvalue weighted by Crippen LogP contribution is 2.36. The maximum Gasteiger partial charge on any atom is 0.264 e. The van der Waals surface area contributed by atoms with Crippen LogP contribution in [-0.4, -0.2) is 22.5 Å². The molecule has 0 aromatic heterocycles. The number of rotatable bonds is 2. The first-order valence-electron chi connectivity index (χ1n) is 7.21. The van der Waals surface area contributed by atoms with E-state index in [1.165, 1.54) is 17.8 Å². The number of thioether (sulfide) groups is 1. The van der Waals surface area contributed by atoms with Crippen LogP contribution in [0.5, 0.6) is 0 Å². The molecule has 5 heteroatoms. The molecular formula is C17H17FN2OS. The molecule has 0 aliphatic carbocycles. The highest BCUT2D eigenvalue weighted by molar-refractivity contribution is 8.16. The quantitative estimate of drug-likeness (QED) is 0.825. The Morgan fingerprint density at radius 2 is 2.05 bits per heavy atom. The molecule has 3 rings (SSSR count). The molecular weight excluding hydrogens is 299 g/mol. The van der Waals surface area contributed by atoms with E-state index in [2.05, 4.69) is 4.99 Å². The molecule has 0 radical (unpaired) electrons. The standard InChI is InChI=1S/C17H17FN2OS/c1-10(2)13-8-19-17-20(11(3)9-22-17)16(21)15(13)12-6-4-5-7-14(12)18/h4-7,9-10H,8H2,1-3H3. The van der Waals surface area contributed by atoms with Crippen molar-refractivity contribution in [3.8, 4) is 0 Å². The number of hydrogen-bond acceptors (Lipinski definition) is 3. The Morgan fingerprint density at radius 1 is 1.32 bits per heavy atom. The van der Waals surface area contributed by atoms with Gasteiger partial charge in [-0.1, -0.05) is 43.8 Å². The number of hydrogen-bond donors (Lipinski definition) is 0. The van der Waals surface area contributed by atoms with Crippen LogP contribution >= 0.6 is 11.8 Å². The Hall–Kier alpha value is -1.88. The first-order chi connectivity index (χ1) is 10.5. The number of fused-ring (bicyclic) bond motifs is 1. The van der Waals surface area contributed by atoms with E-state index in [1.807, 2.05) is 26.2 Å². The van der Waals surface area contributed by atoms with E-state index in [9.17, 15) is 9.18 Å². The predicted octanol–water partition coefficient (Wildman–Crippen LogP) is 4.04. The van der Waals surface area contributed by atoms with E-state index in [1.54, 1.807) is 23.1 Å². The number of carbonyl (C=O) groups is 1. The van der Waals surface area contributed by atoms with Gasteiger partial charge in [-0.3, -0.25) is 14.7 Å². The molecule has 22 heavy (non-hydrogen) atoms. The summed E-state index contributed by atoms with van der Waals surface area (Å²) in [5.74, 6) is -0.443. The smallest absolute Gasteiger partial charge is 0.264 e. The lowest BCUT2D eigenvalue weighted by Gasteiger charge is -2.20. The Morgan fingerprint density at radius 3 is 2.73 bits per heavy atom. The minimum Gasteiger partial charge on any atom is -0.268 e. The van der Waals surface area contributed by atoms with E-state index in [4.69, 9.17) is 0 Å². The molecule has 0 unspecified atom stereocenters. The van der Waals surface area contributed by atoms with Crippen molar-refractivity contribution in [2.45, 2.75) is 20.8 Å². The number of amidine groups is 1. The molecule has 0 bridgehead atoms. The summed E-state index contributed by atoms with van der Waals surface area (Å²) in [7, 11) is 0. The van der Waals surface area contributed by atoms with Gasteiger partial charge in [0.1, 0.15) is 5.82 Å². The van der Waals surface area contributed by atoms with Gasteiger partial charge in [-0.05, 0) is 29.9 Å². The molecule has 0 N–H and O–H groups in total. The van der Waals surface area contributed by atoms with Crippen molar-refractivity contribution in [2.75, 3.05) is 6.54 Å². The van der Waals surface area contributed by atoms with Gasteiger partial charge in [-0.25, -0.2) is 4.39 Å². The number of benzene rings is 1. The van der Waals surface area contributed by atoms with E-state index in [0.29, 0.717) is 22.8 Å². The maximum atomic E-state index is 14.3. The summed E-state index contributed by atoms with van der Waals surface area (Å²) in [5.41, 5.74) is 2.51. The average Bonchev–Trinajstić information content (AvgIpc) is 2.77. The normalized spacial score (nSPS) is 18.4. The van der Waals surface area contributed by atoms with E-state index < -0.39 is 0 Å². The summed E-state index contributed by atoms with van der Waals surface area (Å²) in [6.45, 7) is 6.31. The molecule has 0 atom stereocenters. The summed E-state index contributed by atoms with van der Waals surface area (Å²) in [6, 6.07) is 6.44. The fourth-order valence-corrected chi connectivity index (χ4v) is 3.51. The van der Waals surface area contributed by atoms with Gasteiger partial charge in [-0.15, -0.1) is 0 Å². The summed E-state index contributed by atoms with van der Waals surface area (Å²) < 4.78 is 14.3. The molecule has 0 fully saturated rings. The molecule has 1 aromatic carbocycles. The van der Waals surface area contributed by atoms with Gasteiger partial charge in [-0.2, -0.15) is 0 Å². The second-order valence-electron chi connectivity index (χ2n) is 5.65. The highest BCUT2D eigenvalue weighted by Gasteiger charge is 2.34. The molecule has 114 valence electrons. The lowest BCUT2D eigenvalue weighted by atomic mass is 9.91. The number of allylic oxidation sites excluding steroid dienone is 1. The van der Waals surface area contributed by atoms with E-state index in [-0.39, 0.29) is 17.6 Å². The van der Waals surface area contributed by atoms with Gasteiger partial charge in [0, 0.05) is 11.3 Å². The van der Waals surface area contributed by atoms with Crippen molar-refractivity contribution in [2.24, 2.45) is 10.9 Å². The minimum absolute atomic E-state index is 0.122. The van der Waals surface area contributed by atoms with Crippen LogP contribution in [-0.2, 0) is 4.79 Å². The molecule has 2 aliphatic rings. The number of amides is 1. The third-order valence-electron chi connectivity index (χ3n) is 3.84. The maximum absolute atomic E-state index is 14.3. The fraction of sp³-hybridized carbons (Fsp3) is 0.294. The minimum atomic E-state index is -0.374. The molecule has 0 saturated heterocycles. The van der Waals surface area contributed by atoms with Crippen LogP contribution in [0, 0.1) is 11.7 Å². The Kier molecular flexibility index (Phi) is 3.91. The largest absolute Gasteiger partial charge is 0.268 e.